The molecule has 1 atom stereocenters. The molecule has 0 aromatic heterocycles. The summed E-state index contributed by atoms with van der Waals surface area (Å²) in [5, 5.41) is 6.86. The topological polar surface area (TPSA) is 33.3 Å². The molecular formula is C10H22N2O. The fraction of sp³-hybridized carbons (Fsp3) is 1.00. The summed E-state index contributed by atoms with van der Waals surface area (Å²) in [5.74, 6) is 0.795. The van der Waals surface area contributed by atoms with Crippen molar-refractivity contribution in [3.05, 3.63) is 0 Å². The lowest BCUT2D eigenvalue weighted by atomic mass is 10.1. The Labute approximate surface area is 81.2 Å². The Bertz CT molecular complexity index is 122. The van der Waals surface area contributed by atoms with Gasteiger partial charge in [0.1, 0.15) is 0 Å². The van der Waals surface area contributed by atoms with Gasteiger partial charge in [-0.1, -0.05) is 13.8 Å². The quantitative estimate of drug-likeness (QED) is 0.617. The van der Waals surface area contributed by atoms with Crippen molar-refractivity contribution >= 4 is 0 Å². The lowest BCUT2D eigenvalue weighted by molar-refractivity contribution is 0.0767. The van der Waals surface area contributed by atoms with Gasteiger partial charge < -0.3 is 15.4 Å². The number of hydrogen-bond acceptors (Lipinski definition) is 3. The van der Waals surface area contributed by atoms with E-state index in [0.717, 1.165) is 38.8 Å². The Balaban J connectivity index is 1.92. The van der Waals surface area contributed by atoms with Crippen molar-refractivity contribution in [2.75, 3.05) is 32.8 Å². The second-order valence-corrected chi connectivity index (χ2v) is 4.11. The highest BCUT2D eigenvalue weighted by Gasteiger charge is 2.11. The van der Waals surface area contributed by atoms with Gasteiger partial charge >= 0.3 is 0 Å². The van der Waals surface area contributed by atoms with Crippen LogP contribution in [0.15, 0.2) is 0 Å². The second kappa shape index (κ2) is 6.35. The fourth-order valence-corrected chi connectivity index (χ4v) is 1.42. The molecule has 1 rings (SSSR count). The van der Waals surface area contributed by atoms with Crippen LogP contribution in [0.2, 0.25) is 0 Å². The zero-order chi connectivity index (χ0) is 9.52. The van der Waals surface area contributed by atoms with Crippen LogP contribution in [0.5, 0.6) is 0 Å². The maximum absolute atomic E-state index is 5.36. The Hall–Kier alpha value is -0.120. The van der Waals surface area contributed by atoms with Gasteiger partial charge in [-0.25, -0.2) is 0 Å². The van der Waals surface area contributed by atoms with Crippen LogP contribution in [0.25, 0.3) is 0 Å². The van der Waals surface area contributed by atoms with E-state index in [1.807, 2.05) is 0 Å². The molecule has 3 nitrogen and oxygen atoms in total. The van der Waals surface area contributed by atoms with Gasteiger partial charge in [-0.05, 0) is 18.9 Å². The molecule has 78 valence electrons. The van der Waals surface area contributed by atoms with Gasteiger partial charge in [0.2, 0.25) is 0 Å². The van der Waals surface area contributed by atoms with Gasteiger partial charge in [0.15, 0.2) is 0 Å². The molecule has 1 fully saturated rings. The van der Waals surface area contributed by atoms with E-state index in [9.17, 15) is 0 Å². The summed E-state index contributed by atoms with van der Waals surface area (Å²) >= 11 is 0. The molecule has 1 unspecified atom stereocenters. The molecule has 13 heavy (non-hydrogen) atoms. The van der Waals surface area contributed by atoms with Crippen molar-refractivity contribution in [1.82, 2.24) is 10.6 Å². The van der Waals surface area contributed by atoms with Gasteiger partial charge in [-0.2, -0.15) is 0 Å². The van der Waals surface area contributed by atoms with E-state index in [1.165, 1.54) is 6.42 Å². The van der Waals surface area contributed by atoms with E-state index in [-0.39, 0.29) is 0 Å². The van der Waals surface area contributed by atoms with Crippen LogP contribution >= 0.6 is 0 Å². The standard InChI is InChI=1S/C10H22N2O/c1-9(2)3-4-11-7-10-8-13-6-5-12-10/h9-12H,3-8H2,1-2H3. The first kappa shape index (κ1) is 11.0. The zero-order valence-corrected chi connectivity index (χ0v) is 8.81. The minimum atomic E-state index is 0.515. The zero-order valence-electron chi connectivity index (χ0n) is 8.81. The minimum Gasteiger partial charge on any atom is -0.378 e. The van der Waals surface area contributed by atoms with Crippen molar-refractivity contribution in [2.45, 2.75) is 26.3 Å². The SMILES string of the molecule is CC(C)CCNCC1COCCN1. The van der Waals surface area contributed by atoms with E-state index >= 15 is 0 Å². The lowest BCUT2D eigenvalue weighted by Gasteiger charge is -2.24. The van der Waals surface area contributed by atoms with Crippen molar-refractivity contribution in [1.29, 1.82) is 0 Å². The molecule has 0 spiro atoms. The van der Waals surface area contributed by atoms with Crippen LogP contribution in [-0.4, -0.2) is 38.9 Å². The maximum Gasteiger partial charge on any atom is 0.0632 e. The van der Waals surface area contributed by atoms with Crippen LogP contribution in [-0.2, 0) is 4.74 Å². The number of morpholine rings is 1. The third kappa shape index (κ3) is 5.24. The first-order chi connectivity index (χ1) is 6.29. The van der Waals surface area contributed by atoms with Gasteiger partial charge in [0, 0.05) is 19.1 Å². The molecule has 3 heteroatoms. The average Bonchev–Trinajstić information content (AvgIpc) is 2.14. The summed E-state index contributed by atoms with van der Waals surface area (Å²) in [6, 6.07) is 0.515. The van der Waals surface area contributed by atoms with Gasteiger partial charge in [0.25, 0.3) is 0 Å². The summed E-state index contributed by atoms with van der Waals surface area (Å²) in [7, 11) is 0. The Morgan fingerprint density at radius 2 is 2.38 bits per heavy atom. The van der Waals surface area contributed by atoms with Crippen molar-refractivity contribution in [2.24, 2.45) is 5.92 Å². The molecule has 1 aliphatic heterocycles. The Morgan fingerprint density at radius 3 is 3.00 bits per heavy atom. The molecule has 1 heterocycles. The van der Waals surface area contributed by atoms with E-state index in [4.69, 9.17) is 4.74 Å². The third-order valence-electron chi connectivity index (χ3n) is 2.29. The predicted octanol–water partition coefficient (Wildman–Crippen LogP) is 0.611. The highest BCUT2D eigenvalue weighted by molar-refractivity contribution is 4.72. The highest BCUT2D eigenvalue weighted by atomic mass is 16.5. The maximum atomic E-state index is 5.36. The fourth-order valence-electron chi connectivity index (χ4n) is 1.42. The van der Waals surface area contributed by atoms with Crippen molar-refractivity contribution in [3.63, 3.8) is 0 Å². The van der Waals surface area contributed by atoms with Gasteiger partial charge in [0.05, 0.1) is 13.2 Å². The van der Waals surface area contributed by atoms with Crippen LogP contribution in [0.4, 0.5) is 0 Å². The summed E-state index contributed by atoms with van der Waals surface area (Å²) < 4.78 is 5.36. The number of hydrogen-bond donors (Lipinski definition) is 2. The van der Waals surface area contributed by atoms with Crippen LogP contribution in [0.1, 0.15) is 20.3 Å². The van der Waals surface area contributed by atoms with E-state index in [1.54, 1.807) is 0 Å². The average molecular weight is 186 g/mol. The number of rotatable bonds is 5. The summed E-state index contributed by atoms with van der Waals surface area (Å²) in [6.45, 7) is 9.38. The smallest absolute Gasteiger partial charge is 0.0632 e. The van der Waals surface area contributed by atoms with Gasteiger partial charge in [-0.3, -0.25) is 0 Å². The van der Waals surface area contributed by atoms with Crippen LogP contribution < -0.4 is 10.6 Å². The molecular weight excluding hydrogens is 164 g/mol. The molecule has 2 N–H and O–H groups in total. The molecule has 1 aliphatic rings. The molecule has 0 radical (unpaired) electrons. The first-order valence-corrected chi connectivity index (χ1v) is 5.31. The minimum absolute atomic E-state index is 0.515. The first-order valence-electron chi connectivity index (χ1n) is 5.31. The second-order valence-electron chi connectivity index (χ2n) is 4.11. The predicted molar refractivity (Wildman–Crippen MR) is 54.9 cm³/mol. The molecule has 0 saturated carbocycles. The molecule has 0 aromatic rings. The number of ether oxygens (including phenoxy) is 1. The van der Waals surface area contributed by atoms with Crippen molar-refractivity contribution in [3.8, 4) is 0 Å². The largest absolute Gasteiger partial charge is 0.378 e. The van der Waals surface area contributed by atoms with Crippen LogP contribution in [0, 0.1) is 5.92 Å². The molecule has 0 amide bonds. The summed E-state index contributed by atoms with van der Waals surface area (Å²) in [6.07, 6.45) is 1.26. The Morgan fingerprint density at radius 1 is 1.54 bits per heavy atom. The van der Waals surface area contributed by atoms with E-state index in [0.29, 0.717) is 6.04 Å². The van der Waals surface area contributed by atoms with E-state index in [2.05, 4.69) is 24.5 Å². The molecule has 0 aromatic carbocycles. The summed E-state index contributed by atoms with van der Waals surface area (Å²) in [4.78, 5) is 0. The molecule has 0 aliphatic carbocycles. The lowest BCUT2D eigenvalue weighted by Crippen LogP contribution is -2.47. The van der Waals surface area contributed by atoms with Crippen LogP contribution in [0.3, 0.4) is 0 Å². The van der Waals surface area contributed by atoms with Crippen molar-refractivity contribution < 1.29 is 4.74 Å². The Kier molecular flexibility index (Phi) is 5.35. The van der Waals surface area contributed by atoms with E-state index < -0.39 is 0 Å². The normalized spacial score (nSPS) is 23.8. The van der Waals surface area contributed by atoms with Gasteiger partial charge in [-0.15, -0.1) is 0 Å². The number of nitrogens with one attached hydrogen (secondary N) is 2. The summed E-state index contributed by atoms with van der Waals surface area (Å²) in [5.41, 5.74) is 0. The molecule has 1 saturated heterocycles. The third-order valence-corrected chi connectivity index (χ3v) is 2.29. The molecule has 0 bridgehead atoms. The monoisotopic (exact) mass is 186 g/mol. The highest BCUT2D eigenvalue weighted by Crippen LogP contribution is 1.97.